The molecule has 116 valence electrons. The maximum absolute atomic E-state index is 12.7. The zero-order valence-electron chi connectivity index (χ0n) is 12.2. The fraction of sp³-hybridized carbons (Fsp3) is 0.188. The summed E-state index contributed by atoms with van der Waals surface area (Å²) in [7, 11) is 0. The molecule has 0 fully saturated rings. The van der Waals surface area contributed by atoms with E-state index in [2.05, 4.69) is 21.5 Å². The van der Waals surface area contributed by atoms with Gasteiger partial charge in [0, 0.05) is 11.6 Å². The lowest BCUT2D eigenvalue weighted by Crippen LogP contribution is -2.27. The number of nitrogens with two attached hydrogens (primary N) is 1. The molecule has 2 aromatic heterocycles. The number of anilines is 1. The van der Waals surface area contributed by atoms with Crippen LogP contribution in [0.4, 0.5) is 5.88 Å². The summed E-state index contributed by atoms with van der Waals surface area (Å²) in [6.07, 6.45) is 3.49. The monoisotopic (exact) mass is 326 g/mol. The van der Waals surface area contributed by atoms with Gasteiger partial charge in [-0.2, -0.15) is 0 Å². The first-order valence-electron chi connectivity index (χ1n) is 7.27. The van der Waals surface area contributed by atoms with Crippen LogP contribution in [-0.2, 0) is 6.42 Å². The second-order valence-electron chi connectivity index (χ2n) is 5.37. The highest BCUT2D eigenvalue weighted by Gasteiger charge is 2.28. The number of rotatable bonds is 3. The average molecular weight is 326 g/mol. The second kappa shape index (κ2) is 5.51. The molecular weight excluding hydrogens is 312 g/mol. The summed E-state index contributed by atoms with van der Waals surface area (Å²) in [4.78, 5) is 16.9. The van der Waals surface area contributed by atoms with Gasteiger partial charge in [-0.15, -0.1) is 11.3 Å². The van der Waals surface area contributed by atoms with Gasteiger partial charge in [-0.05, 0) is 24.0 Å². The Kier molecular flexibility index (Phi) is 3.34. The number of aryl methyl sites for hydroxylation is 1. The number of hydrogen-bond donors (Lipinski definition) is 2. The van der Waals surface area contributed by atoms with E-state index in [9.17, 15) is 4.79 Å². The third-order valence-corrected chi connectivity index (χ3v) is 4.80. The minimum atomic E-state index is -0.282. The van der Waals surface area contributed by atoms with E-state index in [0.717, 1.165) is 18.4 Å². The first-order chi connectivity index (χ1) is 11.2. The molecule has 0 spiro atoms. The zero-order valence-corrected chi connectivity index (χ0v) is 13.0. The van der Waals surface area contributed by atoms with Crippen molar-refractivity contribution in [1.29, 1.82) is 0 Å². The van der Waals surface area contributed by atoms with Gasteiger partial charge in [0.05, 0.1) is 6.04 Å². The lowest BCUT2D eigenvalue weighted by Gasteiger charge is -2.13. The number of thiazole rings is 1. The van der Waals surface area contributed by atoms with Gasteiger partial charge in [-0.3, -0.25) is 4.79 Å². The maximum Gasteiger partial charge on any atom is 0.259 e. The minimum absolute atomic E-state index is 0.0129. The van der Waals surface area contributed by atoms with Gasteiger partial charge >= 0.3 is 0 Å². The number of amides is 1. The van der Waals surface area contributed by atoms with Crippen molar-refractivity contribution >= 4 is 23.1 Å². The first kappa shape index (κ1) is 14.0. The Labute approximate surface area is 136 Å². The molecule has 1 amide bonds. The van der Waals surface area contributed by atoms with Crippen LogP contribution < -0.4 is 11.1 Å². The Hall–Kier alpha value is -2.67. The summed E-state index contributed by atoms with van der Waals surface area (Å²) in [5, 5.41) is 9.35. The van der Waals surface area contributed by atoms with Crippen LogP contribution in [-0.4, -0.2) is 16.0 Å². The van der Waals surface area contributed by atoms with Gasteiger partial charge in [0.25, 0.3) is 5.91 Å². The number of benzene rings is 1. The van der Waals surface area contributed by atoms with Crippen molar-refractivity contribution in [3.8, 4) is 10.7 Å². The topological polar surface area (TPSA) is 94.0 Å². The van der Waals surface area contributed by atoms with Crippen molar-refractivity contribution in [3.05, 3.63) is 52.5 Å². The van der Waals surface area contributed by atoms with Crippen LogP contribution in [0.15, 0.2) is 40.4 Å². The van der Waals surface area contributed by atoms with E-state index in [0.29, 0.717) is 10.7 Å². The highest BCUT2D eigenvalue weighted by molar-refractivity contribution is 7.13. The molecular formula is C16H14N4O2S. The smallest absolute Gasteiger partial charge is 0.259 e. The predicted octanol–water partition coefficient (Wildman–Crippen LogP) is 2.80. The largest absolute Gasteiger partial charge is 0.367 e. The number of carbonyl (C=O) groups is 1. The van der Waals surface area contributed by atoms with Gasteiger partial charge in [-0.1, -0.05) is 29.4 Å². The van der Waals surface area contributed by atoms with Crippen LogP contribution in [0.2, 0.25) is 0 Å². The number of nitrogens with zero attached hydrogens (tertiary/aromatic N) is 2. The molecule has 0 saturated carbocycles. The fourth-order valence-corrected chi connectivity index (χ4v) is 3.57. The van der Waals surface area contributed by atoms with Crippen LogP contribution in [0.25, 0.3) is 10.7 Å². The number of hydrogen-bond acceptors (Lipinski definition) is 6. The SMILES string of the molecule is Nc1onc(-c2nccs2)c1C(=O)NC1CCc2ccccc21. The molecule has 1 aliphatic rings. The number of carbonyl (C=O) groups excluding carboxylic acids is 1. The molecule has 6 nitrogen and oxygen atoms in total. The van der Waals surface area contributed by atoms with Crippen molar-refractivity contribution in [2.24, 2.45) is 0 Å². The van der Waals surface area contributed by atoms with E-state index in [-0.39, 0.29) is 23.4 Å². The van der Waals surface area contributed by atoms with Crippen LogP contribution in [0.1, 0.15) is 33.9 Å². The maximum atomic E-state index is 12.7. The zero-order chi connectivity index (χ0) is 15.8. The Morgan fingerprint density at radius 3 is 3.09 bits per heavy atom. The van der Waals surface area contributed by atoms with Gasteiger partial charge in [0.1, 0.15) is 10.6 Å². The Bertz CT molecular complexity index is 857. The van der Waals surface area contributed by atoms with E-state index in [1.54, 1.807) is 6.20 Å². The van der Waals surface area contributed by atoms with Crippen molar-refractivity contribution in [1.82, 2.24) is 15.5 Å². The molecule has 1 aromatic carbocycles. The quantitative estimate of drug-likeness (QED) is 0.772. The van der Waals surface area contributed by atoms with E-state index in [4.69, 9.17) is 10.3 Å². The molecule has 0 aliphatic heterocycles. The molecule has 0 bridgehead atoms. The highest BCUT2D eigenvalue weighted by Crippen LogP contribution is 2.33. The van der Waals surface area contributed by atoms with Crippen LogP contribution >= 0.6 is 11.3 Å². The molecule has 23 heavy (non-hydrogen) atoms. The number of nitrogens with one attached hydrogen (secondary N) is 1. The molecule has 7 heteroatoms. The standard InChI is InChI=1S/C16H14N4O2S/c17-14-12(13(20-22-14)16-18-7-8-23-16)15(21)19-11-6-5-9-3-1-2-4-10(9)11/h1-4,7-8,11H,5-6,17H2,(H,19,21). The van der Waals surface area contributed by atoms with E-state index in [1.807, 2.05) is 23.6 Å². The van der Waals surface area contributed by atoms with Crippen LogP contribution in [0, 0.1) is 0 Å². The minimum Gasteiger partial charge on any atom is -0.367 e. The summed E-state index contributed by atoms with van der Waals surface area (Å²) in [6.45, 7) is 0. The third-order valence-electron chi connectivity index (χ3n) is 4.02. The van der Waals surface area contributed by atoms with Crippen molar-refractivity contribution in [2.45, 2.75) is 18.9 Å². The number of nitrogen functional groups attached to an aromatic ring is 1. The number of fused-ring (bicyclic) bond motifs is 1. The van der Waals surface area contributed by atoms with Crippen molar-refractivity contribution in [2.75, 3.05) is 5.73 Å². The average Bonchev–Trinajstić information content (AvgIpc) is 3.27. The van der Waals surface area contributed by atoms with E-state index >= 15 is 0 Å². The van der Waals surface area contributed by atoms with Gasteiger partial charge < -0.3 is 15.6 Å². The Morgan fingerprint density at radius 2 is 2.26 bits per heavy atom. The summed E-state index contributed by atoms with van der Waals surface area (Å²) in [6, 6.07) is 8.12. The van der Waals surface area contributed by atoms with Crippen molar-refractivity contribution in [3.63, 3.8) is 0 Å². The predicted molar refractivity (Wildman–Crippen MR) is 87.0 cm³/mol. The van der Waals surface area contributed by atoms with Gasteiger partial charge in [0.2, 0.25) is 5.88 Å². The van der Waals surface area contributed by atoms with Gasteiger partial charge in [0.15, 0.2) is 5.69 Å². The number of aromatic nitrogens is 2. The van der Waals surface area contributed by atoms with Crippen LogP contribution in [0.3, 0.4) is 0 Å². The molecule has 3 N–H and O–H groups in total. The van der Waals surface area contributed by atoms with E-state index < -0.39 is 0 Å². The lowest BCUT2D eigenvalue weighted by atomic mass is 10.1. The molecule has 0 saturated heterocycles. The van der Waals surface area contributed by atoms with Crippen molar-refractivity contribution < 1.29 is 9.32 Å². The summed E-state index contributed by atoms with van der Waals surface area (Å²) in [5.74, 6) is -0.269. The summed E-state index contributed by atoms with van der Waals surface area (Å²) >= 11 is 1.38. The molecule has 1 aliphatic carbocycles. The van der Waals surface area contributed by atoms with Gasteiger partial charge in [-0.25, -0.2) is 4.98 Å². The fourth-order valence-electron chi connectivity index (χ4n) is 2.95. The second-order valence-corrected chi connectivity index (χ2v) is 6.27. The first-order valence-corrected chi connectivity index (χ1v) is 8.15. The highest BCUT2D eigenvalue weighted by atomic mass is 32.1. The molecule has 0 radical (unpaired) electrons. The molecule has 1 atom stereocenters. The van der Waals surface area contributed by atoms with E-state index in [1.165, 1.54) is 16.9 Å². The summed E-state index contributed by atoms with van der Waals surface area (Å²) in [5.41, 5.74) is 8.88. The Morgan fingerprint density at radius 1 is 1.39 bits per heavy atom. The lowest BCUT2D eigenvalue weighted by molar-refractivity contribution is 0.0938. The Balaban J connectivity index is 1.63. The third kappa shape index (κ3) is 2.39. The molecule has 4 rings (SSSR count). The normalized spacial score (nSPS) is 16.3. The molecule has 2 heterocycles. The molecule has 3 aromatic rings. The summed E-state index contributed by atoms with van der Waals surface area (Å²) < 4.78 is 5.01. The molecule has 1 unspecified atom stereocenters. The van der Waals surface area contributed by atoms with Crippen LogP contribution in [0.5, 0.6) is 0 Å².